The maximum Gasteiger partial charge on any atom is 0.341 e. The van der Waals surface area contributed by atoms with E-state index in [9.17, 15) is 17.8 Å². The first-order valence-electron chi connectivity index (χ1n) is 6.54. The van der Waals surface area contributed by atoms with E-state index in [0.717, 1.165) is 6.26 Å². The molecular formula is C15H13ClO6S2. The highest BCUT2D eigenvalue weighted by atomic mass is 35.5. The molecule has 0 aliphatic carbocycles. The Bertz CT molecular complexity index is 849. The van der Waals surface area contributed by atoms with E-state index < -0.39 is 33.6 Å². The minimum absolute atomic E-state index is 0.108. The van der Waals surface area contributed by atoms with Crippen molar-refractivity contribution >= 4 is 38.6 Å². The minimum atomic E-state index is -3.35. The summed E-state index contributed by atoms with van der Waals surface area (Å²) >= 11 is 4.19. The van der Waals surface area contributed by atoms with Crippen LogP contribution >= 0.6 is 11.6 Å². The molecule has 0 radical (unpaired) electrons. The predicted octanol–water partition coefficient (Wildman–Crippen LogP) is 2.37. The number of hydrogen-bond acceptors (Lipinski definition) is 5. The molecule has 9 heteroatoms. The Balaban J connectivity index is 2.36. The number of halogens is 1. The van der Waals surface area contributed by atoms with Gasteiger partial charge in [0.15, 0.2) is 27.1 Å². The maximum atomic E-state index is 12.7. The molecule has 0 fully saturated rings. The van der Waals surface area contributed by atoms with Crippen molar-refractivity contribution in [2.45, 2.75) is 14.7 Å². The van der Waals surface area contributed by atoms with E-state index in [2.05, 4.69) is 0 Å². The van der Waals surface area contributed by atoms with Gasteiger partial charge in [0.1, 0.15) is 0 Å². The van der Waals surface area contributed by atoms with E-state index in [-0.39, 0.29) is 15.5 Å². The Hall–Kier alpha value is -1.74. The van der Waals surface area contributed by atoms with Gasteiger partial charge in [0.05, 0.1) is 4.90 Å². The molecule has 0 aromatic heterocycles. The molecule has 24 heavy (non-hydrogen) atoms. The summed E-state index contributed by atoms with van der Waals surface area (Å²) in [5.41, 5.74) is 0. The van der Waals surface area contributed by atoms with Gasteiger partial charge in [0, 0.05) is 28.5 Å². The molecule has 0 amide bonds. The SMILES string of the molecule is CS(=O)(=O)c1ccc([S+]([O-])c2cc(Cl)ccc2OCC(=O)O)cc1. The van der Waals surface area contributed by atoms with Crippen LogP contribution in [0.25, 0.3) is 0 Å². The Kier molecular flexibility index (Phi) is 5.76. The molecule has 1 unspecified atom stereocenters. The summed E-state index contributed by atoms with van der Waals surface area (Å²) < 4.78 is 40.8. The normalized spacial score (nSPS) is 12.6. The van der Waals surface area contributed by atoms with Gasteiger partial charge in [-0.05, 0) is 36.4 Å². The molecule has 0 heterocycles. The number of sulfone groups is 1. The molecule has 2 aromatic carbocycles. The van der Waals surface area contributed by atoms with Gasteiger partial charge in [0.2, 0.25) is 4.90 Å². The Morgan fingerprint density at radius 3 is 2.42 bits per heavy atom. The second kappa shape index (κ2) is 7.43. The molecule has 1 N–H and O–H groups in total. The third kappa shape index (κ3) is 4.64. The lowest BCUT2D eigenvalue weighted by molar-refractivity contribution is -0.139. The summed E-state index contributed by atoms with van der Waals surface area (Å²) in [6, 6.07) is 9.90. The number of carboxylic acid groups (broad SMARTS) is 1. The van der Waals surface area contributed by atoms with E-state index in [1.54, 1.807) is 0 Å². The Labute approximate surface area is 147 Å². The maximum absolute atomic E-state index is 12.7. The van der Waals surface area contributed by atoms with Gasteiger partial charge in [0.25, 0.3) is 0 Å². The van der Waals surface area contributed by atoms with Crippen LogP contribution in [0.1, 0.15) is 0 Å². The van der Waals surface area contributed by atoms with Crippen molar-refractivity contribution in [2.24, 2.45) is 0 Å². The lowest BCUT2D eigenvalue weighted by atomic mass is 10.3. The van der Waals surface area contributed by atoms with Gasteiger partial charge in [-0.2, -0.15) is 0 Å². The molecule has 0 bridgehead atoms. The molecule has 0 saturated heterocycles. The molecule has 0 aliphatic heterocycles. The van der Waals surface area contributed by atoms with Crippen molar-refractivity contribution in [3.05, 3.63) is 47.5 Å². The monoisotopic (exact) mass is 388 g/mol. The highest BCUT2D eigenvalue weighted by Gasteiger charge is 2.22. The van der Waals surface area contributed by atoms with Crippen molar-refractivity contribution in [1.29, 1.82) is 0 Å². The lowest BCUT2D eigenvalue weighted by Crippen LogP contribution is -2.12. The van der Waals surface area contributed by atoms with Crippen LogP contribution in [0, 0.1) is 0 Å². The van der Waals surface area contributed by atoms with E-state index in [1.807, 2.05) is 0 Å². The van der Waals surface area contributed by atoms with Crippen molar-refractivity contribution in [3.63, 3.8) is 0 Å². The van der Waals surface area contributed by atoms with E-state index in [1.165, 1.54) is 42.5 Å². The number of rotatable bonds is 6. The van der Waals surface area contributed by atoms with Crippen molar-refractivity contribution in [3.8, 4) is 5.75 Å². The molecule has 0 saturated carbocycles. The first kappa shape index (κ1) is 18.6. The molecule has 2 rings (SSSR count). The van der Waals surface area contributed by atoms with Gasteiger partial charge in [-0.1, -0.05) is 11.6 Å². The standard InChI is InChI=1S/C15H13ClO6S2/c1-24(20,21)12-5-3-11(4-6-12)23(19)14-8-10(16)2-7-13(14)22-9-15(17)18/h2-8H,9H2,1H3,(H,17,18). The molecule has 6 nitrogen and oxygen atoms in total. The van der Waals surface area contributed by atoms with Crippen molar-refractivity contribution in [2.75, 3.05) is 12.9 Å². The van der Waals surface area contributed by atoms with Gasteiger partial charge in [-0.15, -0.1) is 0 Å². The van der Waals surface area contributed by atoms with Gasteiger partial charge in [-0.3, -0.25) is 0 Å². The average molecular weight is 389 g/mol. The average Bonchev–Trinajstić information content (AvgIpc) is 2.52. The quantitative estimate of drug-likeness (QED) is 0.762. The van der Waals surface area contributed by atoms with Crippen LogP contribution in [0.15, 0.2) is 57.2 Å². The summed E-state index contributed by atoms with van der Waals surface area (Å²) in [4.78, 5) is 11.3. The van der Waals surface area contributed by atoms with Crippen LogP contribution in [-0.2, 0) is 25.8 Å². The zero-order valence-electron chi connectivity index (χ0n) is 12.4. The number of carboxylic acids is 1. The lowest BCUT2D eigenvalue weighted by Gasteiger charge is -2.14. The third-order valence-electron chi connectivity index (χ3n) is 2.92. The number of hydrogen-bond donors (Lipinski definition) is 1. The minimum Gasteiger partial charge on any atom is -0.606 e. The predicted molar refractivity (Wildman–Crippen MR) is 88.8 cm³/mol. The fourth-order valence-electron chi connectivity index (χ4n) is 1.82. The zero-order chi connectivity index (χ0) is 17.9. The summed E-state index contributed by atoms with van der Waals surface area (Å²) in [5.74, 6) is -1.04. The fraction of sp³-hybridized carbons (Fsp3) is 0.133. The zero-order valence-corrected chi connectivity index (χ0v) is 14.8. The molecule has 0 spiro atoms. The molecule has 2 aromatic rings. The first-order chi connectivity index (χ1) is 11.2. The van der Waals surface area contributed by atoms with Gasteiger partial charge >= 0.3 is 5.97 Å². The summed E-state index contributed by atoms with van der Waals surface area (Å²) in [6.45, 7) is -0.584. The van der Waals surface area contributed by atoms with Gasteiger partial charge in [-0.25, -0.2) is 13.2 Å². The van der Waals surface area contributed by atoms with E-state index >= 15 is 0 Å². The van der Waals surface area contributed by atoms with Crippen LogP contribution in [0.2, 0.25) is 5.02 Å². The van der Waals surface area contributed by atoms with Crippen LogP contribution in [0.5, 0.6) is 5.75 Å². The summed E-state index contributed by atoms with van der Waals surface area (Å²) in [7, 11) is -3.35. The topological polar surface area (TPSA) is 104 Å². The Morgan fingerprint density at radius 2 is 1.88 bits per heavy atom. The molecule has 1 atom stereocenters. The van der Waals surface area contributed by atoms with Gasteiger partial charge < -0.3 is 14.4 Å². The first-order valence-corrected chi connectivity index (χ1v) is 9.96. The number of carbonyl (C=O) groups is 1. The Morgan fingerprint density at radius 1 is 1.25 bits per heavy atom. The van der Waals surface area contributed by atoms with Crippen LogP contribution in [0.4, 0.5) is 0 Å². The highest BCUT2D eigenvalue weighted by molar-refractivity contribution is 7.91. The van der Waals surface area contributed by atoms with Crippen LogP contribution in [-0.4, -0.2) is 36.9 Å². The fourth-order valence-corrected chi connectivity index (χ4v) is 3.87. The largest absolute Gasteiger partial charge is 0.606 e. The second-order valence-corrected chi connectivity index (χ2v) is 8.69. The summed E-state index contributed by atoms with van der Waals surface area (Å²) in [6.07, 6.45) is 1.08. The molecular weight excluding hydrogens is 376 g/mol. The van der Waals surface area contributed by atoms with E-state index in [0.29, 0.717) is 9.92 Å². The number of benzene rings is 2. The van der Waals surface area contributed by atoms with E-state index in [4.69, 9.17) is 21.4 Å². The highest BCUT2D eigenvalue weighted by Crippen LogP contribution is 2.32. The smallest absolute Gasteiger partial charge is 0.341 e. The van der Waals surface area contributed by atoms with Crippen LogP contribution < -0.4 is 4.74 Å². The van der Waals surface area contributed by atoms with Crippen molar-refractivity contribution < 1.29 is 27.6 Å². The van der Waals surface area contributed by atoms with Crippen molar-refractivity contribution in [1.82, 2.24) is 0 Å². The molecule has 128 valence electrons. The summed E-state index contributed by atoms with van der Waals surface area (Å²) in [5, 5.41) is 9.01. The second-order valence-electron chi connectivity index (χ2n) is 4.79. The third-order valence-corrected chi connectivity index (χ3v) is 5.70. The number of aliphatic carboxylic acids is 1. The number of ether oxygens (including phenoxy) is 1. The van der Waals surface area contributed by atoms with Crippen LogP contribution in [0.3, 0.4) is 0 Å². The molecule has 0 aliphatic rings.